The van der Waals surface area contributed by atoms with Crippen molar-refractivity contribution >= 4 is 43.1 Å². The van der Waals surface area contributed by atoms with Gasteiger partial charge in [-0.2, -0.15) is 0 Å². The molecule has 0 aliphatic rings. The van der Waals surface area contributed by atoms with Gasteiger partial charge in [-0.15, -0.1) is 0 Å². The van der Waals surface area contributed by atoms with Crippen molar-refractivity contribution in [2.45, 2.75) is 27.7 Å². The molecule has 7 aromatic rings. The van der Waals surface area contributed by atoms with Gasteiger partial charge >= 0.3 is 0 Å². The van der Waals surface area contributed by atoms with Gasteiger partial charge in [-0.05, 0) is 127 Å². The lowest BCUT2D eigenvalue weighted by Crippen LogP contribution is -1.92. The van der Waals surface area contributed by atoms with Gasteiger partial charge in [0.15, 0.2) is 0 Å². The van der Waals surface area contributed by atoms with Crippen molar-refractivity contribution in [1.29, 1.82) is 0 Å². The number of hydrogen-bond acceptors (Lipinski definition) is 0. The zero-order valence-corrected chi connectivity index (χ0v) is 22.4. The molecule has 0 N–H and O–H groups in total. The van der Waals surface area contributed by atoms with Crippen LogP contribution in [0.4, 0.5) is 0 Å². The summed E-state index contributed by atoms with van der Waals surface area (Å²) in [5, 5.41) is 10.6. The second-order valence-electron chi connectivity index (χ2n) is 10.7. The minimum atomic E-state index is 1.28. The Balaban J connectivity index is 1.44. The highest BCUT2D eigenvalue weighted by Crippen LogP contribution is 2.39. The van der Waals surface area contributed by atoms with Gasteiger partial charge in [0.2, 0.25) is 0 Å². The Bertz CT molecular complexity index is 1910. The minimum absolute atomic E-state index is 1.28. The van der Waals surface area contributed by atoms with Crippen molar-refractivity contribution < 1.29 is 0 Å². The molecule has 0 heterocycles. The van der Waals surface area contributed by atoms with Crippen molar-refractivity contribution in [3.63, 3.8) is 0 Å². The van der Waals surface area contributed by atoms with Gasteiger partial charge in [0.1, 0.15) is 0 Å². The third kappa shape index (κ3) is 3.37. The molecule has 0 fully saturated rings. The molecule has 0 nitrogen and oxygen atoms in total. The fourth-order valence-corrected chi connectivity index (χ4v) is 6.32. The first-order valence-corrected chi connectivity index (χ1v) is 13.5. The molecule has 0 atom stereocenters. The normalized spacial score (nSPS) is 11.7. The molecule has 7 aromatic carbocycles. The summed E-state index contributed by atoms with van der Waals surface area (Å²) in [5.41, 5.74) is 10.5. The van der Waals surface area contributed by atoms with Gasteiger partial charge in [0, 0.05) is 0 Å². The van der Waals surface area contributed by atoms with E-state index in [9.17, 15) is 0 Å². The van der Waals surface area contributed by atoms with Crippen LogP contribution in [-0.2, 0) is 0 Å². The number of aryl methyl sites for hydroxylation is 4. The quantitative estimate of drug-likeness (QED) is 0.213. The molecule has 0 saturated heterocycles. The van der Waals surface area contributed by atoms with Gasteiger partial charge in [0.25, 0.3) is 0 Å². The van der Waals surface area contributed by atoms with Crippen molar-refractivity contribution in [1.82, 2.24) is 0 Å². The molecule has 0 saturated carbocycles. The Morgan fingerprint density at radius 3 is 1.13 bits per heavy atom. The van der Waals surface area contributed by atoms with Gasteiger partial charge in [-0.3, -0.25) is 0 Å². The molecule has 0 amide bonds. The van der Waals surface area contributed by atoms with E-state index in [0.29, 0.717) is 0 Å². The van der Waals surface area contributed by atoms with Gasteiger partial charge in [0.05, 0.1) is 0 Å². The zero-order chi connectivity index (χ0) is 26.0. The molecule has 0 aliphatic carbocycles. The minimum Gasteiger partial charge on any atom is -0.0616 e. The molecule has 0 bridgehead atoms. The Labute approximate surface area is 224 Å². The summed E-state index contributed by atoms with van der Waals surface area (Å²) in [6.07, 6.45) is 0. The van der Waals surface area contributed by atoms with Crippen LogP contribution in [0, 0.1) is 27.7 Å². The topological polar surface area (TPSA) is 0 Å². The fourth-order valence-electron chi connectivity index (χ4n) is 6.32. The van der Waals surface area contributed by atoms with E-state index in [2.05, 4.69) is 137 Å². The summed E-state index contributed by atoms with van der Waals surface area (Å²) >= 11 is 0. The van der Waals surface area contributed by atoms with E-state index in [1.807, 2.05) is 0 Å². The lowest BCUT2D eigenvalue weighted by Gasteiger charge is -2.16. The summed E-state index contributed by atoms with van der Waals surface area (Å²) < 4.78 is 0. The molecular weight excluding hydrogens is 456 g/mol. The van der Waals surface area contributed by atoms with E-state index in [0.717, 1.165) is 0 Å². The monoisotopic (exact) mass is 486 g/mol. The van der Waals surface area contributed by atoms with Crippen molar-refractivity contribution in [3.05, 3.63) is 131 Å². The van der Waals surface area contributed by atoms with Gasteiger partial charge in [-0.25, -0.2) is 0 Å². The van der Waals surface area contributed by atoms with Crippen molar-refractivity contribution in [2.24, 2.45) is 0 Å². The van der Waals surface area contributed by atoms with E-state index in [-0.39, 0.29) is 0 Å². The Morgan fingerprint density at radius 1 is 0.316 bits per heavy atom. The van der Waals surface area contributed by atoms with Crippen LogP contribution < -0.4 is 0 Å². The number of rotatable bonds is 2. The average Bonchev–Trinajstić information content (AvgIpc) is 2.96. The SMILES string of the molecule is Cc1ccc(-c2ccc3c(c2)c(C)c(C)c2cc(-c4ccc(C)c5ccccc45)ccc23)c2ccccc12. The smallest absolute Gasteiger partial charge is 0.0102 e. The fraction of sp³-hybridized carbons (Fsp3) is 0.105. The van der Waals surface area contributed by atoms with Crippen LogP contribution >= 0.6 is 0 Å². The second kappa shape index (κ2) is 8.57. The predicted molar refractivity (Wildman–Crippen MR) is 166 cm³/mol. The lowest BCUT2D eigenvalue weighted by molar-refractivity contribution is 1.41. The summed E-state index contributed by atoms with van der Waals surface area (Å²) in [6, 6.07) is 40.6. The molecule has 0 spiro atoms. The third-order valence-electron chi connectivity index (χ3n) is 8.61. The first-order chi connectivity index (χ1) is 18.5. The molecule has 0 radical (unpaired) electrons. The van der Waals surface area contributed by atoms with Crippen LogP contribution in [0.1, 0.15) is 22.3 Å². The number of hydrogen-bond donors (Lipinski definition) is 0. The summed E-state index contributed by atoms with van der Waals surface area (Å²) in [7, 11) is 0. The van der Waals surface area contributed by atoms with Gasteiger partial charge in [-0.1, -0.05) is 97.1 Å². The molecule has 7 rings (SSSR count). The molecule has 0 aromatic heterocycles. The molecule has 38 heavy (non-hydrogen) atoms. The van der Waals surface area contributed by atoms with Crippen LogP contribution in [0.25, 0.3) is 65.3 Å². The van der Waals surface area contributed by atoms with Crippen LogP contribution in [0.15, 0.2) is 109 Å². The summed E-state index contributed by atoms with van der Waals surface area (Å²) in [4.78, 5) is 0. The van der Waals surface area contributed by atoms with E-state index < -0.39 is 0 Å². The Morgan fingerprint density at radius 2 is 0.711 bits per heavy atom. The van der Waals surface area contributed by atoms with E-state index >= 15 is 0 Å². The molecular formula is C38H30. The number of benzene rings is 7. The average molecular weight is 487 g/mol. The molecule has 182 valence electrons. The summed E-state index contributed by atoms with van der Waals surface area (Å²) in [5.74, 6) is 0. The van der Waals surface area contributed by atoms with Crippen LogP contribution in [-0.4, -0.2) is 0 Å². The van der Waals surface area contributed by atoms with Crippen molar-refractivity contribution in [2.75, 3.05) is 0 Å². The highest BCUT2D eigenvalue weighted by Gasteiger charge is 2.14. The van der Waals surface area contributed by atoms with E-state index in [1.165, 1.54) is 87.6 Å². The summed E-state index contributed by atoms with van der Waals surface area (Å²) in [6.45, 7) is 8.95. The maximum atomic E-state index is 2.40. The first kappa shape index (κ1) is 22.8. The largest absolute Gasteiger partial charge is 0.0616 e. The second-order valence-corrected chi connectivity index (χ2v) is 10.7. The van der Waals surface area contributed by atoms with Gasteiger partial charge < -0.3 is 0 Å². The number of fused-ring (bicyclic) bond motifs is 5. The van der Waals surface area contributed by atoms with Crippen LogP contribution in [0.5, 0.6) is 0 Å². The Kier molecular flexibility index (Phi) is 5.13. The third-order valence-corrected chi connectivity index (χ3v) is 8.61. The maximum Gasteiger partial charge on any atom is -0.0102 e. The molecule has 0 heteroatoms. The first-order valence-electron chi connectivity index (χ1n) is 13.5. The maximum absolute atomic E-state index is 2.40. The predicted octanol–water partition coefficient (Wildman–Crippen LogP) is 10.9. The highest BCUT2D eigenvalue weighted by atomic mass is 14.2. The van der Waals surface area contributed by atoms with E-state index in [1.54, 1.807) is 0 Å². The standard InChI is InChI=1S/C38H30/c1-23-13-17-31(33-11-7-5-9-29(23)33)27-15-19-35-36-20-16-28(22-38(36)26(4)25(3)37(35)21-27)32-18-14-24(2)30-10-6-8-12-34(30)32/h5-22H,1-4H3. The molecule has 0 unspecified atom stereocenters. The lowest BCUT2D eigenvalue weighted by atomic mass is 9.87. The van der Waals surface area contributed by atoms with Crippen LogP contribution in [0.2, 0.25) is 0 Å². The Hall–Kier alpha value is -4.42. The highest BCUT2D eigenvalue weighted by molar-refractivity contribution is 6.13. The zero-order valence-electron chi connectivity index (χ0n) is 22.4. The van der Waals surface area contributed by atoms with Crippen LogP contribution in [0.3, 0.4) is 0 Å². The molecule has 0 aliphatic heterocycles. The van der Waals surface area contributed by atoms with E-state index in [4.69, 9.17) is 0 Å². The van der Waals surface area contributed by atoms with Crippen molar-refractivity contribution in [3.8, 4) is 22.3 Å².